The summed E-state index contributed by atoms with van der Waals surface area (Å²) in [6, 6.07) is 13.3. The summed E-state index contributed by atoms with van der Waals surface area (Å²) < 4.78 is 33.8. The van der Waals surface area contributed by atoms with Crippen LogP contribution in [0.15, 0.2) is 42.5 Å². The summed E-state index contributed by atoms with van der Waals surface area (Å²) in [6.45, 7) is 6.40. The van der Waals surface area contributed by atoms with Gasteiger partial charge in [0.15, 0.2) is 12.2 Å². The maximum atomic E-state index is 12.1. The Morgan fingerprint density at radius 2 is 1.35 bits per heavy atom. The third-order valence-corrected chi connectivity index (χ3v) is 6.11. The molecule has 0 saturated carbocycles. The minimum Gasteiger partial charge on any atom is -0.463 e. The Morgan fingerprint density at radius 1 is 0.775 bits per heavy atom. The van der Waals surface area contributed by atoms with E-state index in [9.17, 15) is 19.2 Å². The number of nitrogens with two attached hydrogens (primary N) is 1. The van der Waals surface area contributed by atoms with Crippen LogP contribution in [-0.4, -0.2) is 61.2 Å². The molecule has 3 rings (SSSR count). The van der Waals surface area contributed by atoms with Gasteiger partial charge in [0.05, 0.1) is 0 Å². The van der Waals surface area contributed by atoms with Gasteiger partial charge in [0.25, 0.3) is 0 Å². The lowest BCUT2D eigenvalue weighted by molar-refractivity contribution is -0.288. The molecule has 5 atom stereocenters. The highest BCUT2D eigenvalue weighted by Gasteiger charge is 2.53. The normalized spacial score (nSPS) is 22.1. The SMILES string of the molecule is CCc1ccc(Cc2ccc(N)cc2O[C@H]2O[C@H](COC(C)=O)[C@@H](OC(C)=O)[C@H](OC(C)=O)[C@H]2OC(C)=O)cc1. The van der Waals surface area contributed by atoms with E-state index in [1.807, 2.05) is 30.3 Å². The van der Waals surface area contributed by atoms with Crippen molar-refractivity contribution in [2.45, 2.75) is 78.2 Å². The van der Waals surface area contributed by atoms with Crippen LogP contribution in [0, 0.1) is 0 Å². The van der Waals surface area contributed by atoms with Gasteiger partial charge in [-0.3, -0.25) is 19.2 Å². The summed E-state index contributed by atoms with van der Waals surface area (Å²) in [7, 11) is 0. The predicted octanol–water partition coefficient (Wildman–Crippen LogP) is 2.88. The molecule has 2 N–H and O–H groups in total. The molecule has 0 unspecified atom stereocenters. The number of esters is 4. The number of carbonyl (C=O) groups excluding carboxylic acids is 4. The maximum Gasteiger partial charge on any atom is 0.303 e. The molecule has 1 aliphatic rings. The lowest BCUT2D eigenvalue weighted by Gasteiger charge is -2.44. The van der Waals surface area contributed by atoms with Crippen LogP contribution < -0.4 is 10.5 Å². The van der Waals surface area contributed by atoms with Crippen LogP contribution in [0.4, 0.5) is 5.69 Å². The summed E-state index contributed by atoms with van der Waals surface area (Å²) in [4.78, 5) is 47.7. The third kappa shape index (κ3) is 8.44. The maximum absolute atomic E-state index is 12.1. The van der Waals surface area contributed by atoms with Gasteiger partial charge in [-0.25, -0.2) is 0 Å². The fourth-order valence-corrected chi connectivity index (χ4v) is 4.35. The molecular weight excluding hydrogens is 522 g/mol. The molecule has 0 bridgehead atoms. The average molecular weight is 558 g/mol. The van der Waals surface area contributed by atoms with E-state index in [1.165, 1.54) is 19.4 Å². The third-order valence-electron chi connectivity index (χ3n) is 6.11. The van der Waals surface area contributed by atoms with Gasteiger partial charge in [0.2, 0.25) is 12.4 Å². The predicted molar refractivity (Wildman–Crippen MR) is 142 cm³/mol. The molecule has 216 valence electrons. The minimum absolute atomic E-state index is 0.334. The molecule has 1 aliphatic heterocycles. The summed E-state index contributed by atoms with van der Waals surface area (Å²) in [5.74, 6) is -2.44. The van der Waals surface area contributed by atoms with E-state index in [4.69, 9.17) is 34.2 Å². The smallest absolute Gasteiger partial charge is 0.303 e. The van der Waals surface area contributed by atoms with Gasteiger partial charge in [-0.15, -0.1) is 0 Å². The highest BCUT2D eigenvalue weighted by atomic mass is 16.7. The zero-order chi connectivity index (χ0) is 29.4. The zero-order valence-electron chi connectivity index (χ0n) is 23.2. The molecular formula is C29H35NO10. The van der Waals surface area contributed by atoms with Crippen LogP contribution >= 0.6 is 0 Å². The molecule has 0 radical (unpaired) electrons. The van der Waals surface area contributed by atoms with Crippen molar-refractivity contribution in [2.75, 3.05) is 12.3 Å². The van der Waals surface area contributed by atoms with Gasteiger partial charge >= 0.3 is 23.9 Å². The van der Waals surface area contributed by atoms with E-state index in [0.717, 1.165) is 31.4 Å². The first-order valence-corrected chi connectivity index (χ1v) is 12.9. The molecule has 1 fully saturated rings. The summed E-state index contributed by atoms with van der Waals surface area (Å²) in [5.41, 5.74) is 9.46. The topological polar surface area (TPSA) is 150 Å². The largest absolute Gasteiger partial charge is 0.463 e. The Kier molecular flexibility index (Phi) is 10.5. The van der Waals surface area contributed by atoms with E-state index in [-0.39, 0.29) is 6.61 Å². The Labute approximate surface area is 232 Å². The lowest BCUT2D eigenvalue weighted by Crippen LogP contribution is -2.63. The first-order valence-electron chi connectivity index (χ1n) is 12.9. The van der Waals surface area contributed by atoms with Gasteiger partial charge in [-0.05, 0) is 29.2 Å². The highest BCUT2D eigenvalue weighted by Crippen LogP contribution is 2.33. The van der Waals surface area contributed by atoms with E-state index < -0.39 is 54.6 Å². The standard InChI is InChI=1S/C29H35NO10/c1-6-20-7-9-21(10-8-20)13-22-11-12-23(30)14-24(22)39-29-28(38-19(5)34)27(37-18(4)33)26(36-17(3)32)25(40-29)15-35-16(2)31/h7-12,14,25-29H,6,13,15,30H2,1-5H3/t25-,26-,27+,28-,29+/m1/s1. The number of ether oxygens (including phenoxy) is 6. The second-order valence-electron chi connectivity index (χ2n) is 9.40. The molecule has 11 heteroatoms. The van der Waals surface area contributed by atoms with Crippen LogP contribution in [0.25, 0.3) is 0 Å². The Bertz CT molecular complexity index is 1210. The summed E-state index contributed by atoms with van der Waals surface area (Å²) >= 11 is 0. The van der Waals surface area contributed by atoms with Gasteiger partial charge in [0, 0.05) is 45.9 Å². The van der Waals surface area contributed by atoms with Gasteiger partial charge < -0.3 is 34.2 Å². The quantitative estimate of drug-likeness (QED) is 0.261. The molecule has 2 aromatic rings. The monoisotopic (exact) mass is 557 g/mol. The van der Waals surface area contributed by atoms with Gasteiger partial charge in [-0.1, -0.05) is 37.3 Å². The van der Waals surface area contributed by atoms with Crippen molar-refractivity contribution in [3.63, 3.8) is 0 Å². The lowest BCUT2D eigenvalue weighted by atomic mass is 9.97. The summed E-state index contributed by atoms with van der Waals surface area (Å²) in [5, 5.41) is 0. The number of anilines is 1. The second-order valence-corrected chi connectivity index (χ2v) is 9.40. The molecule has 0 aliphatic carbocycles. The van der Waals surface area contributed by atoms with E-state index in [2.05, 4.69) is 6.92 Å². The number of benzene rings is 2. The molecule has 2 aromatic carbocycles. The van der Waals surface area contributed by atoms with Crippen molar-refractivity contribution in [1.29, 1.82) is 0 Å². The Morgan fingerprint density at radius 3 is 1.93 bits per heavy atom. The van der Waals surface area contributed by atoms with Crippen molar-refractivity contribution in [2.24, 2.45) is 0 Å². The van der Waals surface area contributed by atoms with Crippen LogP contribution in [0.1, 0.15) is 51.3 Å². The van der Waals surface area contributed by atoms with Crippen molar-refractivity contribution in [1.82, 2.24) is 0 Å². The van der Waals surface area contributed by atoms with Gasteiger partial charge in [-0.2, -0.15) is 0 Å². The zero-order valence-corrected chi connectivity index (χ0v) is 23.2. The van der Waals surface area contributed by atoms with Gasteiger partial charge in [0.1, 0.15) is 18.5 Å². The fourth-order valence-electron chi connectivity index (χ4n) is 4.35. The number of carbonyl (C=O) groups is 4. The van der Waals surface area contributed by atoms with E-state index in [1.54, 1.807) is 12.1 Å². The average Bonchev–Trinajstić information content (AvgIpc) is 2.87. The van der Waals surface area contributed by atoms with E-state index in [0.29, 0.717) is 17.9 Å². The Balaban J connectivity index is 2.01. The molecule has 1 saturated heterocycles. The van der Waals surface area contributed by atoms with Crippen LogP contribution in [0.5, 0.6) is 5.75 Å². The van der Waals surface area contributed by atoms with E-state index >= 15 is 0 Å². The summed E-state index contributed by atoms with van der Waals surface area (Å²) in [6.07, 6.45) is -5.04. The first-order chi connectivity index (χ1) is 19.0. The van der Waals surface area contributed by atoms with Crippen molar-refractivity contribution < 1.29 is 47.6 Å². The van der Waals surface area contributed by atoms with Crippen molar-refractivity contribution in [3.8, 4) is 5.75 Å². The second kappa shape index (κ2) is 13.8. The van der Waals surface area contributed by atoms with Crippen molar-refractivity contribution in [3.05, 3.63) is 59.2 Å². The van der Waals surface area contributed by atoms with Crippen LogP contribution in [0.3, 0.4) is 0 Å². The first kappa shape index (κ1) is 30.4. The fraction of sp³-hybridized carbons (Fsp3) is 0.448. The number of aryl methyl sites for hydroxylation is 1. The molecule has 0 aromatic heterocycles. The molecule has 0 amide bonds. The molecule has 1 heterocycles. The van der Waals surface area contributed by atoms with Crippen LogP contribution in [0.2, 0.25) is 0 Å². The number of hydrogen-bond acceptors (Lipinski definition) is 11. The molecule has 0 spiro atoms. The van der Waals surface area contributed by atoms with Crippen molar-refractivity contribution >= 4 is 29.6 Å². The molecule has 11 nitrogen and oxygen atoms in total. The van der Waals surface area contributed by atoms with Crippen LogP contribution in [-0.2, 0) is 55.7 Å². The number of hydrogen-bond donors (Lipinski definition) is 1. The Hall–Kier alpha value is -4.12. The number of rotatable bonds is 10. The number of nitrogen functional groups attached to an aromatic ring is 1. The minimum atomic E-state index is -1.36. The highest BCUT2D eigenvalue weighted by molar-refractivity contribution is 5.68. The molecule has 40 heavy (non-hydrogen) atoms.